The number of H-pyrrole nitrogens is 2. The molecule has 0 saturated carbocycles. The molecule has 0 fully saturated rings. The molecule has 0 aliphatic heterocycles. The van der Waals surface area contributed by atoms with Gasteiger partial charge in [-0.1, -0.05) is 0 Å². The predicted molar refractivity (Wildman–Crippen MR) is 184 cm³/mol. The van der Waals surface area contributed by atoms with Crippen LogP contribution in [0.25, 0.3) is 21.8 Å². The summed E-state index contributed by atoms with van der Waals surface area (Å²) in [6, 6.07) is 7.92. The minimum atomic E-state index is -1.03. The highest BCUT2D eigenvalue weighted by atomic mass is 16.5. The van der Waals surface area contributed by atoms with Crippen LogP contribution in [0, 0.1) is 0 Å². The molecule has 260 valence electrons. The second-order valence-electron chi connectivity index (χ2n) is 12.0. The molecule has 0 spiro atoms. The Balaban J connectivity index is 1.49. The average molecular weight is 665 g/mol. The summed E-state index contributed by atoms with van der Waals surface area (Å²) in [6.07, 6.45) is 5.47. The number of rotatable bonds is 20. The third kappa shape index (κ3) is 10.7. The van der Waals surface area contributed by atoms with E-state index in [1.165, 1.54) is 0 Å². The Morgan fingerprint density at radius 3 is 2.12 bits per heavy atom. The maximum Gasteiger partial charge on any atom is 0.243 e. The van der Waals surface area contributed by atoms with Gasteiger partial charge in [0.1, 0.15) is 23.6 Å². The second kappa shape index (κ2) is 18.1. The van der Waals surface area contributed by atoms with Crippen LogP contribution in [0.2, 0.25) is 0 Å². The van der Waals surface area contributed by atoms with Gasteiger partial charge in [-0.15, -0.1) is 0 Å². The van der Waals surface area contributed by atoms with Gasteiger partial charge in [-0.2, -0.15) is 0 Å². The lowest BCUT2D eigenvalue weighted by atomic mass is 10.0. The van der Waals surface area contributed by atoms with Crippen molar-refractivity contribution in [3.05, 3.63) is 59.9 Å². The number of fused-ring (bicyclic) bond motifs is 2. The van der Waals surface area contributed by atoms with Crippen LogP contribution in [-0.2, 0) is 36.7 Å². The largest absolute Gasteiger partial charge is 0.508 e. The highest BCUT2D eigenvalue weighted by Gasteiger charge is 2.28. The molecule has 4 aromatic rings. The molecule has 2 atom stereocenters. The van der Waals surface area contributed by atoms with Gasteiger partial charge in [0, 0.05) is 53.8 Å². The van der Waals surface area contributed by atoms with Crippen molar-refractivity contribution in [2.45, 2.75) is 51.1 Å². The number of phenols is 2. The van der Waals surface area contributed by atoms with Crippen LogP contribution in [0.15, 0.2) is 48.8 Å². The van der Waals surface area contributed by atoms with Gasteiger partial charge in [0.15, 0.2) is 0 Å². The highest BCUT2D eigenvalue weighted by molar-refractivity contribution is 5.95. The van der Waals surface area contributed by atoms with Gasteiger partial charge < -0.3 is 50.5 Å². The molecule has 0 bridgehead atoms. The summed E-state index contributed by atoms with van der Waals surface area (Å²) in [5.41, 5.74) is 2.92. The molecular weight excluding hydrogens is 616 g/mol. The average Bonchev–Trinajstić information content (AvgIpc) is 3.64. The van der Waals surface area contributed by atoms with Crippen molar-refractivity contribution < 1.29 is 34.1 Å². The van der Waals surface area contributed by atoms with Crippen molar-refractivity contribution in [1.82, 2.24) is 30.8 Å². The van der Waals surface area contributed by atoms with Crippen LogP contribution in [0.1, 0.15) is 37.3 Å². The van der Waals surface area contributed by atoms with E-state index < -0.39 is 23.9 Å². The fraction of sp³-hybridized carbons (Fsp3) is 0.457. The molecule has 48 heavy (non-hydrogen) atoms. The monoisotopic (exact) mass is 664 g/mol. The third-order valence-electron chi connectivity index (χ3n) is 8.03. The molecule has 0 aliphatic rings. The summed E-state index contributed by atoms with van der Waals surface area (Å²) in [5, 5.41) is 30.2. The summed E-state index contributed by atoms with van der Waals surface area (Å²) in [7, 11) is 3.96. The summed E-state index contributed by atoms with van der Waals surface area (Å²) in [5.74, 6) is -1.08. The number of amides is 3. The standard InChI is InChI=1S/C35H48N6O7/c1-4-47-15-16-48-14-12-36-34(45)31(7-5-6-13-41(2)3)40-35(46)32(17-23-21-37-29-10-8-25(42)19-27(23)29)39-33(44)18-24-22-38-30-11-9-26(43)20-28(24)30/h8-11,19-22,31-32,37-38,42-43H,4-7,12-18H2,1-3H3,(H,36,45)(H,39,44)(H,40,46)/t31-,32-/m0/s1. The van der Waals surface area contributed by atoms with E-state index in [9.17, 15) is 24.6 Å². The van der Waals surface area contributed by atoms with E-state index in [4.69, 9.17) is 9.47 Å². The number of carbonyl (C=O) groups excluding carboxylic acids is 3. The molecule has 0 radical (unpaired) electrons. The molecule has 0 unspecified atom stereocenters. The van der Waals surface area contributed by atoms with Crippen molar-refractivity contribution in [3.63, 3.8) is 0 Å². The number of nitrogens with zero attached hydrogens (tertiary/aromatic N) is 1. The number of phenolic OH excluding ortho intramolecular Hbond substituents is 2. The van der Waals surface area contributed by atoms with Gasteiger partial charge in [-0.25, -0.2) is 0 Å². The molecule has 0 aliphatic carbocycles. The number of nitrogens with one attached hydrogen (secondary N) is 5. The zero-order chi connectivity index (χ0) is 34.5. The predicted octanol–water partition coefficient (Wildman–Crippen LogP) is 2.72. The van der Waals surface area contributed by atoms with Crippen LogP contribution < -0.4 is 16.0 Å². The quantitative estimate of drug-likeness (QED) is 0.0705. The molecule has 2 heterocycles. The van der Waals surface area contributed by atoms with E-state index in [0.29, 0.717) is 50.2 Å². The zero-order valence-corrected chi connectivity index (χ0v) is 27.9. The number of ether oxygens (including phenoxy) is 2. The minimum absolute atomic E-state index is 0.0420. The molecule has 4 rings (SSSR count). The third-order valence-corrected chi connectivity index (χ3v) is 8.03. The summed E-state index contributed by atoms with van der Waals surface area (Å²) in [4.78, 5) is 49.0. The lowest BCUT2D eigenvalue weighted by Gasteiger charge is -2.23. The van der Waals surface area contributed by atoms with Crippen LogP contribution in [-0.4, -0.2) is 108 Å². The normalized spacial score (nSPS) is 12.8. The minimum Gasteiger partial charge on any atom is -0.508 e. The van der Waals surface area contributed by atoms with Gasteiger partial charge in [0.2, 0.25) is 17.7 Å². The lowest BCUT2D eigenvalue weighted by molar-refractivity contribution is -0.132. The first-order valence-electron chi connectivity index (χ1n) is 16.4. The highest BCUT2D eigenvalue weighted by Crippen LogP contribution is 2.25. The Labute approximate surface area is 280 Å². The Kier molecular flexibility index (Phi) is 13.7. The first-order chi connectivity index (χ1) is 23.1. The first-order valence-corrected chi connectivity index (χ1v) is 16.4. The summed E-state index contributed by atoms with van der Waals surface area (Å²) < 4.78 is 10.8. The number of hydrogen-bond donors (Lipinski definition) is 7. The van der Waals surface area contributed by atoms with Gasteiger partial charge in [-0.05, 0) is 94.4 Å². The molecule has 13 nitrogen and oxygen atoms in total. The summed E-state index contributed by atoms with van der Waals surface area (Å²) in [6.45, 7) is 4.82. The maximum absolute atomic E-state index is 13.9. The van der Waals surface area contributed by atoms with Crippen molar-refractivity contribution in [2.24, 2.45) is 0 Å². The number of carbonyl (C=O) groups is 3. The summed E-state index contributed by atoms with van der Waals surface area (Å²) >= 11 is 0. The Bertz CT molecular complexity index is 1650. The van der Waals surface area contributed by atoms with Crippen molar-refractivity contribution in [2.75, 3.05) is 53.6 Å². The first kappa shape index (κ1) is 36.2. The topological polar surface area (TPSA) is 181 Å². The van der Waals surface area contributed by atoms with Crippen molar-refractivity contribution >= 4 is 39.5 Å². The molecule has 2 aromatic heterocycles. The lowest BCUT2D eigenvalue weighted by Crippen LogP contribution is -2.54. The van der Waals surface area contributed by atoms with E-state index in [0.717, 1.165) is 34.9 Å². The molecule has 13 heteroatoms. The zero-order valence-electron chi connectivity index (χ0n) is 27.9. The van der Waals surface area contributed by atoms with Crippen LogP contribution in [0.3, 0.4) is 0 Å². The maximum atomic E-state index is 13.9. The van der Waals surface area contributed by atoms with E-state index in [-0.39, 0.29) is 36.8 Å². The Morgan fingerprint density at radius 1 is 0.812 bits per heavy atom. The van der Waals surface area contributed by atoms with Gasteiger partial charge >= 0.3 is 0 Å². The van der Waals surface area contributed by atoms with Gasteiger partial charge in [0.05, 0.1) is 26.2 Å². The fourth-order valence-electron chi connectivity index (χ4n) is 5.55. The van der Waals surface area contributed by atoms with Crippen LogP contribution in [0.4, 0.5) is 0 Å². The number of hydrogen-bond acceptors (Lipinski definition) is 8. The fourth-order valence-corrected chi connectivity index (χ4v) is 5.55. The molecule has 3 amide bonds. The van der Waals surface area contributed by atoms with Crippen molar-refractivity contribution in [3.8, 4) is 11.5 Å². The number of aromatic hydroxyl groups is 2. The van der Waals surface area contributed by atoms with Crippen molar-refractivity contribution in [1.29, 1.82) is 0 Å². The SMILES string of the molecule is CCOCCOCCNC(=O)[C@H](CCCCN(C)C)NC(=O)[C@H](Cc1c[nH]c2ccc(O)cc12)NC(=O)Cc1c[nH]c2ccc(O)cc12. The second-order valence-corrected chi connectivity index (χ2v) is 12.0. The molecule has 2 aromatic carbocycles. The number of aromatic amines is 2. The van der Waals surface area contributed by atoms with Gasteiger partial charge in [0.25, 0.3) is 0 Å². The number of unbranched alkanes of at least 4 members (excludes halogenated alkanes) is 1. The number of benzene rings is 2. The number of aromatic nitrogens is 2. The van der Waals surface area contributed by atoms with Crippen LogP contribution in [0.5, 0.6) is 11.5 Å². The smallest absolute Gasteiger partial charge is 0.243 e. The van der Waals surface area contributed by atoms with E-state index in [1.807, 2.05) is 21.0 Å². The van der Waals surface area contributed by atoms with Crippen LogP contribution >= 0.6 is 0 Å². The molecular formula is C35H48N6O7. The van der Waals surface area contributed by atoms with E-state index in [1.54, 1.807) is 48.8 Å². The van der Waals surface area contributed by atoms with E-state index in [2.05, 4.69) is 30.8 Å². The van der Waals surface area contributed by atoms with E-state index >= 15 is 0 Å². The Hall–Kier alpha value is -4.59. The molecule has 7 N–H and O–H groups in total. The molecule has 0 saturated heterocycles. The van der Waals surface area contributed by atoms with Gasteiger partial charge in [-0.3, -0.25) is 14.4 Å². The Morgan fingerprint density at radius 2 is 1.46 bits per heavy atom.